The van der Waals surface area contributed by atoms with Crippen LogP contribution in [-0.4, -0.2) is 23.3 Å². The number of unbranched alkanes of at least 4 members (excludes halogenated alkanes) is 3. The van der Waals surface area contributed by atoms with E-state index < -0.39 is 0 Å². The molecule has 0 radical (unpaired) electrons. The van der Waals surface area contributed by atoms with Crippen molar-refractivity contribution in [3.63, 3.8) is 0 Å². The summed E-state index contributed by atoms with van der Waals surface area (Å²) in [7, 11) is 0. The summed E-state index contributed by atoms with van der Waals surface area (Å²) in [6, 6.07) is 19.9. The molecule has 0 spiro atoms. The molecule has 2 aromatic rings. The van der Waals surface area contributed by atoms with E-state index in [0.717, 1.165) is 48.0 Å². The van der Waals surface area contributed by atoms with Crippen LogP contribution in [0.4, 0.5) is 0 Å². The van der Waals surface area contributed by atoms with Gasteiger partial charge < -0.3 is 0 Å². The molecule has 0 saturated heterocycles. The van der Waals surface area contributed by atoms with Gasteiger partial charge in [-0.1, -0.05) is 86.8 Å². The van der Waals surface area contributed by atoms with E-state index in [2.05, 4.69) is 6.92 Å². The number of hydrogen-bond acceptors (Lipinski definition) is 2. The molecular weight excluding hydrogens is 334 g/mol. The van der Waals surface area contributed by atoms with Gasteiger partial charge in [-0.15, -0.1) is 0 Å². The highest BCUT2D eigenvalue weighted by Crippen LogP contribution is 2.35. The van der Waals surface area contributed by atoms with Gasteiger partial charge in [-0.25, -0.2) is 0 Å². The molecule has 1 aliphatic heterocycles. The predicted octanol–water partition coefficient (Wildman–Crippen LogP) is 5.33. The maximum absolute atomic E-state index is 12.9. The number of amides is 2. The summed E-state index contributed by atoms with van der Waals surface area (Å²) < 4.78 is 0. The second-order valence-electron chi connectivity index (χ2n) is 7.04. The monoisotopic (exact) mass is 361 g/mol. The van der Waals surface area contributed by atoms with Crippen LogP contribution in [0.15, 0.2) is 60.7 Å². The zero-order valence-electron chi connectivity index (χ0n) is 16.0. The Labute approximate surface area is 161 Å². The van der Waals surface area contributed by atoms with Crippen LogP contribution < -0.4 is 0 Å². The fraction of sp³-hybridized carbons (Fsp3) is 0.333. The Hall–Kier alpha value is -2.68. The van der Waals surface area contributed by atoms with Gasteiger partial charge >= 0.3 is 0 Å². The lowest BCUT2D eigenvalue weighted by atomic mass is 9.91. The molecule has 0 bridgehead atoms. The Morgan fingerprint density at radius 2 is 1.19 bits per heavy atom. The molecule has 2 aromatic carbocycles. The van der Waals surface area contributed by atoms with Crippen LogP contribution >= 0.6 is 0 Å². The number of rotatable bonds is 7. The molecule has 3 heteroatoms. The first-order valence-corrected chi connectivity index (χ1v) is 9.86. The van der Waals surface area contributed by atoms with Crippen molar-refractivity contribution >= 4 is 23.0 Å². The van der Waals surface area contributed by atoms with Gasteiger partial charge in [0.05, 0.1) is 12.8 Å². The molecule has 1 heterocycles. The molecule has 3 nitrogen and oxygen atoms in total. The maximum atomic E-state index is 12.9. The highest BCUT2D eigenvalue weighted by molar-refractivity contribution is 6.12. The van der Waals surface area contributed by atoms with E-state index in [1.807, 2.05) is 60.7 Å². The van der Waals surface area contributed by atoms with Crippen LogP contribution in [0.3, 0.4) is 0 Å². The lowest BCUT2D eigenvalue weighted by molar-refractivity contribution is -0.143. The minimum Gasteiger partial charge on any atom is -0.282 e. The molecule has 0 aliphatic carbocycles. The van der Waals surface area contributed by atoms with Crippen LogP contribution in [0.2, 0.25) is 0 Å². The molecule has 0 fully saturated rings. The third-order valence-electron chi connectivity index (χ3n) is 5.10. The third kappa shape index (κ3) is 4.73. The van der Waals surface area contributed by atoms with Gasteiger partial charge in [0.15, 0.2) is 0 Å². The molecule has 1 aliphatic rings. The smallest absolute Gasteiger partial charge is 0.233 e. The van der Waals surface area contributed by atoms with Crippen LogP contribution in [0, 0.1) is 0 Å². The molecule has 0 N–H and O–H groups in total. The molecule has 0 saturated carbocycles. The van der Waals surface area contributed by atoms with Crippen molar-refractivity contribution in [3.8, 4) is 0 Å². The minimum absolute atomic E-state index is 0.0821. The minimum atomic E-state index is -0.0821. The van der Waals surface area contributed by atoms with E-state index in [-0.39, 0.29) is 24.7 Å². The number of nitrogens with zero attached hydrogens (tertiary/aromatic N) is 1. The summed E-state index contributed by atoms with van der Waals surface area (Å²) in [5.74, 6) is -0.164. The van der Waals surface area contributed by atoms with Crippen molar-refractivity contribution in [3.05, 3.63) is 71.8 Å². The third-order valence-corrected chi connectivity index (χ3v) is 5.10. The van der Waals surface area contributed by atoms with E-state index in [1.54, 1.807) is 0 Å². The Bertz CT molecular complexity index is 745. The molecule has 2 amide bonds. The fourth-order valence-corrected chi connectivity index (χ4v) is 3.62. The summed E-state index contributed by atoms with van der Waals surface area (Å²) in [5, 5.41) is 0. The van der Waals surface area contributed by atoms with Gasteiger partial charge in [0.2, 0.25) is 11.8 Å². The summed E-state index contributed by atoms with van der Waals surface area (Å²) in [6.45, 7) is 2.69. The first-order chi connectivity index (χ1) is 13.2. The lowest BCUT2D eigenvalue weighted by Gasteiger charge is -2.19. The fourth-order valence-electron chi connectivity index (χ4n) is 3.62. The average molecular weight is 361 g/mol. The molecule has 27 heavy (non-hydrogen) atoms. The second-order valence-corrected chi connectivity index (χ2v) is 7.04. The van der Waals surface area contributed by atoms with Gasteiger partial charge in [0.1, 0.15) is 0 Å². The van der Waals surface area contributed by atoms with Crippen LogP contribution in [-0.2, 0) is 9.59 Å². The van der Waals surface area contributed by atoms with Gasteiger partial charge in [0, 0.05) is 6.54 Å². The van der Waals surface area contributed by atoms with Gasteiger partial charge in [-0.2, -0.15) is 0 Å². The number of benzene rings is 2. The number of carbonyl (C=O) groups is 2. The molecular formula is C24H27NO2. The summed E-state index contributed by atoms with van der Waals surface area (Å²) in [5.41, 5.74) is 3.98. The van der Waals surface area contributed by atoms with Crippen molar-refractivity contribution in [1.82, 2.24) is 4.90 Å². The van der Waals surface area contributed by atoms with E-state index in [1.165, 1.54) is 4.90 Å². The van der Waals surface area contributed by atoms with Crippen LogP contribution in [0.25, 0.3) is 11.1 Å². The van der Waals surface area contributed by atoms with Crippen molar-refractivity contribution in [2.24, 2.45) is 0 Å². The zero-order chi connectivity index (χ0) is 19.1. The number of hydrogen-bond donors (Lipinski definition) is 0. The Balaban J connectivity index is 1.94. The van der Waals surface area contributed by atoms with Gasteiger partial charge in [0.25, 0.3) is 0 Å². The van der Waals surface area contributed by atoms with E-state index in [4.69, 9.17) is 0 Å². The van der Waals surface area contributed by atoms with E-state index in [0.29, 0.717) is 6.54 Å². The van der Waals surface area contributed by atoms with Gasteiger partial charge in [-0.05, 0) is 28.7 Å². The number of carbonyl (C=O) groups excluding carboxylic acids is 2. The Morgan fingerprint density at radius 1 is 0.704 bits per heavy atom. The largest absolute Gasteiger partial charge is 0.282 e. The predicted molar refractivity (Wildman–Crippen MR) is 110 cm³/mol. The Morgan fingerprint density at radius 3 is 1.63 bits per heavy atom. The summed E-state index contributed by atoms with van der Waals surface area (Å²) in [4.78, 5) is 27.3. The molecule has 140 valence electrons. The van der Waals surface area contributed by atoms with Crippen molar-refractivity contribution in [1.29, 1.82) is 0 Å². The quantitative estimate of drug-likeness (QED) is 0.494. The van der Waals surface area contributed by atoms with Crippen molar-refractivity contribution in [2.45, 2.75) is 45.4 Å². The van der Waals surface area contributed by atoms with Crippen molar-refractivity contribution in [2.75, 3.05) is 6.54 Å². The van der Waals surface area contributed by atoms with Crippen molar-refractivity contribution < 1.29 is 9.59 Å². The van der Waals surface area contributed by atoms with E-state index >= 15 is 0 Å². The van der Waals surface area contributed by atoms with E-state index in [9.17, 15) is 9.59 Å². The maximum Gasteiger partial charge on any atom is 0.233 e. The highest BCUT2D eigenvalue weighted by atomic mass is 16.2. The first kappa shape index (κ1) is 19.1. The highest BCUT2D eigenvalue weighted by Gasteiger charge is 2.29. The summed E-state index contributed by atoms with van der Waals surface area (Å²) in [6.07, 6.45) is 4.75. The average Bonchev–Trinajstić information content (AvgIpc) is 2.83. The standard InChI is InChI=1S/C24H27NO2/c1-2-3-4-11-16-25-23(26)17-21(19-12-7-5-8-13-19)22(18-24(25)27)20-14-9-6-10-15-20/h5-10,12-15H,2-4,11,16-18H2,1H3. The molecule has 0 unspecified atom stereocenters. The summed E-state index contributed by atoms with van der Waals surface area (Å²) >= 11 is 0. The Kier molecular flexibility index (Phi) is 6.59. The SMILES string of the molecule is CCCCCCN1C(=O)CC(c2ccccc2)=C(c2ccccc2)CC1=O. The first-order valence-electron chi connectivity index (χ1n) is 9.86. The normalized spacial score (nSPS) is 15.2. The molecule has 3 rings (SSSR count). The lowest BCUT2D eigenvalue weighted by Crippen LogP contribution is -2.36. The topological polar surface area (TPSA) is 37.4 Å². The molecule has 0 atom stereocenters. The zero-order valence-corrected chi connectivity index (χ0v) is 16.0. The van der Waals surface area contributed by atoms with Crippen LogP contribution in [0.1, 0.15) is 56.6 Å². The van der Waals surface area contributed by atoms with Crippen LogP contribution in [0.5, 0.6) is 0 Å². The number of imide groups is 1. The second kappa shape index (κ2) is 9.31. The van der Waals surface area contributed by atoms with Gasteiger partial charge in [-0.3, -0.25) is 14.5 Å². The molecule has 0 aromatic heterocycles.